The van der Waals surface area contributed by atoms with Crippen molar-refractivity contribution in [2.75, 3.05) is 6.54 Å². The topological polar surface area (TPSA) is 80.3 Å². The van der Waals surface area contributed by atoms with E-state index in [1.54, 1.807) is 10.7 Å². The normalized spacial score (nSPS) is 10.7. The van der Waals surface area contributed by atoms with Gasteiger partial charge in [0.15, 0.2) is 0 Å². The van der Waals surface area contributed by atoms with Crippen LogP contribution in [0.4, 0.5) is 0 Å². The summed E-state index contributed by atoms with van der Waals surface area (Å²) in [5.74, 6) is -0.459. The molecule has 0 saturated heterocycles. The van der Waals surface area contributed by atoms with Crippen LogP contribution in [0.3, 0.4) is 0 Å². The standard InChI is InChI=1S/C12H15N3O3/c1-15-7-5-9(14-15)4-6-13-8-10-2-3-11(18-10)12(16)17/h2-3,5,7,13H,4,6,8H2,1H3,(H,16,17). The molecule has 6 heteroatoms. The highest BCUT2D eigenvalue weighted by molar-refractivity contribution is 5.84. The molecule has 96 valence electrons. The number of aromatic carboxylic acids is 1. The first-order chi connectivity index (χ1) is 8.65. The van der Waals surface area contributed by atoms with E-state index in [9.17, 15) is 4.79 Å². The van der Waals surface area contributed by atoms with E-state index < -0.39 is 5.97 Å². The highest BCUT2D eigenvalue weighted by atomic mass is 16.4. The molecule has 2 rings (SSSR count). The van der Waals surface area contributed by atoms with E-state index in [1.807, 2.05) is 19.3 Å². The molecule has 0 radical (unpaired) electrons. The molecule has 0 atom stereocenters. The van der Waals surface area contributed by atoms with Crippen LogP contribution < -0.4 is 5.32 Å². The second kappa shape index (κ2) is 5.50. The van der Waals surface area contributed by atoms with Crippen LogP contribution >= 0.6 is 0 Å². The summed E-state index contributed by atoms with van der Waals surface area (Å²) in [6.45, 7) is 1.28. The van der Waals surface area contributed by atoms with Gasteiger partial charge in [-0.25, -0.2) is 4.79 Å². The Kier molecular flexibility index (Phi) is 3.78. The summed E-state index contributed by atoms with van der Waals surface area (Å²) in [5, 5.41) is 16.1. The number of hydrogen-bond acceptors (Lipinski definition) is 4. The van der Waals surface area contributed by atoms with Crippen LogP contribution in [0.1, 0.15) is 22.0 Å². The van der Waals surface area contributed by atoms with Crippen molar-refractivity contribution in [3.8, 4) is 0 Å². The van der Waals surface area contributed by atoms with Crippen molar-refractivity contribution < 1.29 is 14.3 Å². The van der Waals surface area contributed by atoms with E-state index in [1.165, 1.54) is 6.07 Å². The van der Waals surface area contributed by atoms with Gasteiger partial charge >= 0.3 is 5.97 Å². The molecule has 0 unspecified atom stereocenters. The van der Waals surface area contributed by atoms with Crippen molar-refractivity contribution in [1.82, 2.24) is 15.1 Å². The minimum Gasteiger partial charge on any atom is -0.475 e. The zero-order valence-corrected chi connectivity index (χ0v) is 10.1. The van der Waals surface area contributed by atoms with Crippen LogP contribution in [-0.4, -0.2) is 27.4 Å². The maximum atomic E-state index is 10.6. The fraction of sp³-hybridized carbons (Fsp3) is 0.333. The van der Waals surface area contributed by atoms with E-state index >= 15 is 0 Å². The molecule has 0 bridgehead atoms. The molecule has 0 saturated carbocycles. The zero-order chi connectivity index (χ0) is 13.0. The average molecular weight is 249 g/mol. The summed E-state index contributed by atoms with van der Waals surface area (Å²) < 4.78 is 6.88. The molecule has 0 aliphatic heterocycles. The first-order valence-electron chi connectivity index (χ1n) is 5.66. The Morgan fingerprint density at radius 2 is 2.33 bits per heavy atom. The van der Waals surface area contributed by atoms with Gasteiger partial charge in [0.25, 0.3) is 0 Å². The molecule has 0 aliphatic rings. The summed E-state index contributed by atoms with van der Waals surface area (Å²) in [4.78, 5) is 10.6. The minimum atomic E-state index is -1.05. The number of aryl methyl sites for hydroxylation is 1. The summed E-state index contributed by atoms with van der Waals surface area (Å²) >= 11 is 0. The van der Waals surface area contributed by atoms with E-state index in [0.717, 1.165) is 18.7 Å². The summed E-state index contributed by atoms with van der Waals surface area (Å²) in [7, 11) is 1.88. The van der Waals surface area contributed by atoms with Gasteiger partial charge in [-0.3, -0.25) is 4.68 Å². The molecule has 18 heavy (non-hydrogen) atoms. The van der Waals surface area contributed by atoms with Crippen molar-refractivity contribution in [1.29, 1.82) is 0 Å². The Labute approximate surface area is 104 Å². The Hall–Kier alpha value is -2.08. The lowest BCUT2D eigenvalue weighted by Gasteiger charge is -2.00. The molecular formula is C12H15N3O3. The highest BCUT2D eigenvalue weighted by Gasteiger charge is 2.08. The third-order valence-electron chi connectivity index (χ3n) is 2.50. The van der Waals surface area contributed by atoms with Gasteiger partial charge in [-0.1, -0.05) is 0 Å². The van der Waals surface area contributed by atoms with Crippen molar-refractivity contribution in [3.63, 3.8) is 0 Å². The largest absolute Gasteiger partial charge is 0.475 e. The van der Waals surface area contributed by atoms with Gasteiger partial charge in [0.05, 0.1) is 12.2 Å². The monoisotopic (exact) mass is 249 g/mol. The molecule has 0 amide bonds. The van der Waals surface area contributed by atoms with Crippen LogP contribution in [0.15, 0.2) is 28.8 Å². The molecule has 2 aromatic rings. The molecule has 0 aromatic carbocycles. The molecule has 6 nitrogen and oxygen atoms in total. The fourth-order valence-electron chi connectivity index (χ4n) is 1.61. The number of furan rings is 1. The molecule has 2 heterocycles. The number of hydrogen-bond donors (Lipinski definition) is 2. The maximum Gasteiger partial charge on any atom is 0.371 e. The van der Waals surface area contributed by atoms with E-state index in [4.69, 9.17) is 9.52 Å². The maximum absolute atomic E-state index is 10.6. The second-order valence-electron chi connectivity index (χ2n) is 3.98. The number of carbonyl (C=O) groups is 1. The van der Waals surface area contributed by atoms with Gasteiger partial charge in [0.2, 0.25) is 5.76 Å². The first-order valence-corrected chi connectivity index (χ1v) is 5.66. The Balaban J connectivity index is 1.73. The Morgan fingerprint density at radius 3 is 2.94 bits per heavy atom. The van der Waals surface area contributed by atoms with Gasteiger partial charge in [0.1, 0.15) is 5.76 Å². The van der Waals surface area contributed by atoms with E-state index in [-0.39, 0.29) is 5.76 Å². The van der Waals surface area contributed by atoms with Crippen molar-refractivity contribution in [2.45, 2.75) is 13.0 Å². The Morgan fingerprint density at radius 1 is 1.50 bits per heavy atom. The van der Waals surface area contributed by atoms with Crippen LogP contribution in [0, 0.1) is 0 Å². The van der Waals surface area contributed by atoms with Gasteiger partial charge in [-0.2, -0.15) is 5.10 Å². The summed E-state index contributed by atoms with van der Waals surface area (Å²) in [5.41, 5.74) is 1.02. The number of rotatable bonds is 6. The predicted octanol–water partition coefficient (Wildman–Crippen LogP) is 1.04. The molecule has 0 fully saturated rings. The quantitative estimate of drug-likeness (QED) is 0.748. The van der Waals surface area contributed by atoms with Gasteiger partial charge in [-0.05, 0) is 18.2 Å². The predicted molar refractivity (Wildman–Crippen MR) is 64.3 cm³/mol. The zero-order valence-electron chi connectivity index (χ0n) is 10.1. The van der Waals surface area contributed by atoms with Gasteiger partial charge in [-0.15, -0.1) is 0 Å². The SMILES string of the molecule is Cn1ccc(CCNCc2ccc(C(=O)O)o2)n1. The van der Waals surface area contributed by atoms with E-state index in [0.29, 0.717) is 12.3 Å². The lowest BCUT2D eigenvalue weighted by atomic mass is 10.3. The van der Waals surface area contributed by atoms with Gasteiger partial charge < -0.3 is 14.8 Å². The second-order valence-corrected chi connectivity index (χ2v) is 3.98. The van der Waals surface area contributed by atoms with E-state index in [2.05, 4.69) is 10.4 Å². The van der Waals surface area contributed by atoms with Gasteiger partial charge in [0, 0.05) is 26.2 Å². The molecule has 2 N–H and O–H groups in total. The number of aromatic nitrogens is 2. The van der Waals surface area contributed by atoms with Crippen molar-refractivity contribution in [2.24, 2.45) is 7.05 Å². The highest BCUT2D eigenvalue weighted by Crippen LogP contribution is 2.07. The van der Waals surface area contributed by atoms with Crippen LogP contribution in [0.2, 0.25) is 0 Å². The minimum absolute atomic E-state index is 0.0310. The van der Waals surface area contributed by atoms with Crippen LogP contribution in [0.5, 0.6) is 0 Å². The number of nitrogens with one attached hydrogen (secondary N) is 1. The van der Waals surface area contributed by atoms with Crippen LogP contribution in [0.25, 0.3) is 0 Å². The smallest absolute Gasteiger partial charge is 0.371 e. The third-order valence-corrected chi connectivity index (χ3v) is 2.50. The van der Waals surface area contributed by atoms with Crippen molar-refractivity contribution >= 4 is 5.97 Å². The third kappa shape index (κ3) is 3.21. The Bertz CT molecular complexity index is 530. The number of nitrogens with zero attached hydrogens (tertiary/aromatic N) is 2. The molecule has 0 aliphatic carbocycles. The fourth-order valence-corrected chi connectivity index (χ4v) is 1.61. The lowest BCUT2D eigenvalue weighted by Crippen LogP contribution is -2.16. The lowest BCUT2D eigenvalue weighted by molar-refractivity contribution is 0.0660. The number of carboxylic acid groups (broad SMARTS) is 1. The van der Waals surface area contributed by atoms with Crippen LogP contribution in [-0.2, 0) is 20.0 Å². The number of carboxylic acids is 1. The molecular weight excluding hydrogens is 234 g/mol. The average Bonchev–Trinajstić information content (AvgIpc) is 2.93. The molecule has 0 spiro atoms. The molecule has 2 aromatic heterocycles. The summed E-state index contributed by atoms with van der Waals surface area (Å²) in [6.07, 6.45) is 2.73. The van der Waals surface area contributed by atoms with Crippen molar-refractivity contribution in [3.05, 3.63) is 41.6 Å². The summed E-state index contributed by atoms with van der Waals surface area (Å²) in [6, 6.07) is 5.09. The first kappa shape index (κ1) is 12.4.